The van der Waals surface area contributed by atoms with Crippen molar-refractivity contribution in [1.82, 2.24) is 9.88 Å². The first-order chi connectivity index (χ1) is 9.40. The number of amidine groups is 1. The highest BCUT2D eigenvalue weighted by Crippen LogP contribution is 2.36. The molecule has 1 fully saturated rings. The highest BCUT2D eigenvalue weighted by molar-refractivity contribution is 8.14. The van der Waals surface area contributed by atoms with E-state index in [1.54, 1.807) is 6.20 Å². The summed E-state index contributed by atoms with van der Waals surface area (Å²) >= 11 is 3.73. The first-order valence-electron chi connectivity index (χ1n) is 6.33. The van der Waals surface area contributed by atoms with Gasteiger partial charge in [0.1, 0.15) is 0 Å². The van der Waals surface area contributed by atoms with E-state index in [4.69, 9.17) is 4.99 Å². The van der Waals surface area contributed by atoms with Crippen LogP contribution in [0.4, 0.5) is 5.69 Å². The van der Waals surface area contributed by atoms with Crippen molar-refractivity contribution in [2.24, 2.45) is 4.99 Å². The summed E-state index contributed by atoms with van der Waals surface area (Å²) in [7, 11) is 0. The van der Waals surface area contributed by atoms with Crippen LogP contribution in [0.5, 0.6) is 0 Å². The minimum absolute atomic E-state index is 0.613. The van der Waals surface area contributed by atoms with Gasteiger partial charge in [0.2, 0.25) is 0 Å². The largest absolute Gasteiger partial charge is 0.342 e. The van der Waals surface area contributed by atoms with Gasteiger partial charge < -0.3 is 4.90 Å². The van der Waals surface area contributed by atoms with E-state index < -0.39 is 0 Å². The third-order valence-corrected chi connectivity index (χ3v) is 5.65. The van der Waals surface area contributed by atoms with Gasteiger partial charge in [0.05, 0.1) is 18.4 Å². The van der Waals surface area contributed by atoms with Crippen LogP contribution >= 0.6 is 23.1 Å². The fourth-order valence-corrected chi connectivity index (χ4v) is 4.69. The number of aliphatic imine (C=N–C) groups is 1. The molecule has 19 heavy (non-hydrogen) atoms. The molecule has 0 N–H and O–H groups in total. The van der Waals surface area contributed by atoms with E-state index in [2.05, 4.69) is 21.3 Å². The molecule has 5 heteroatoms. The summed E-state index contributed by atoms with van der Waals surface area (Å²) < 4.78 is 0. The fraction of sp³-hybridized carbons (Fsp3) is 0.286. The molecule has 0 radical (unpaired) electrons. The van der Waals surface area contributed by atoms with Crippen molar-refractivity contribution < 1.29 is 0 Å². The van der Waals surface area contributed by atoms with Crippen LogP contribution in [0.1, 0.15) is 10.4 Å². The van der Waals surface area contributed by atoms with E-state index in [0.717, 1.165) is 29.6 Å². The van der Waals surface area contributed by atoms with Crippen molar-refractivity contribution in [3.8, 4) is 0 Å². The van der Waals surface area contributed by atoms with Crippen LogP contribution < -0.4 is 0 Å². The van der Waals surface area contributed by atoms with Crippen LogP contribution in [0.25, 0.3) is 0 Å². The number of hydrogen-bond acceptors (Lipinski definition) is 4. The Bertz CT molecular complexity index is 621. The van der Waals surface area contributed by atoms with E-state index in [-0.39, 0.29) is 0 Å². The van der Waals surface area contributed by atoms with Gasteiger partial charge in [-0.2, -0.15) is 0 Å². The normalized spacial score (nSPS) is 23.5. The molecule has 4 rings (SSSR count). The van der Waals surface area contributed by atoms with Crippen molar-refractivity contribution in [3.63, 3.8) is 0 Å². The quantitative estimate of drug-likeness (QED) is 0.805. The summed E-state index contributed by atoms with van der Waals surface area (Å²) in [5.74, 6) is 1.15. The van der Waals surface area contributed by atoms with Gasteiger partial charge >= 0.3 is 0 Å². The molecule has 0 aliphatic carbocycles. The average Bonchev–Trinajstić information content (AvgIpc) is 3.05. The second-order valence-electron chi connectivity index (χ2n) is 4.77. The number of aromatic nitrogens is 1. The van der Waals surface area contributed by atoms with E-state index in [0.29, 0.717) is 6.04 Å². The Morgan fingerprint density at radius 2 is 2.37 bits per heavy atom. The first kappa shape index (κ1) is 11.5. The number of pyridine rings is 1. The first-order valence-corrected chi connectivity index (χ1v) is 8.20. The standard InChI is InChI=1S/C14H13N3S2/c1-2-11(7-15-4-1)16-14-17-8-13-10(3-5-18-13)6-12(17)9-19-14/h1-5,7,12H,6,8-9H2. The third-order valence-electron chi connectivity index (χ3n) is 3.57. The molecule has 0 spiro atoms. The minimum Gasteiger partial charge on any atom is -0.342 e. The van der Waals surface area contributed by atoms with Crippen LogP contribution in [-0.2, 0) is 13.0 Å². The molecule has 0 aromatic carbocycles. The number of nitrogens with zero attached hydrogens (tertiary/aromatic N) is 3. The molecule has 1 saturated heterocycles. The molecule has 2 aliphatic heterocycles. The summed E-state index contributed by atoms with van der Waals surface area (Å²) in [6.45, 7) is 1.02. The minimum atomic E-state index is 0.613. The molecule has 4 heterocycles. The third kappa shape index (κ3) is 2.07. The zero-order valence-electron chi connectivity index (χ0n) is 10.3. The van der Waals surface area contributed by atoms with E-state index in [1.165, 1.54) is 10.4 Å². The van der Waals surface area contributed by atoms with Crippen LogP contribution in [0.3, 0.4) is 0 Å². The molecule has 0 bridgehead atoms. The second kappa shape index (κ2) is 4.65. The molecule has 0 amide bonds. The molecule has 2 aromatic heterocycles. The topological polar surface area (TPSA) is 28.5 Å². The molecule has 2 aromatic rings. The van der Waals surface area contributed by atoms with Gasteiger partial charge in [0, 0.05) is 22.9 Å². The SMILES string of the molecule is c1cncc(N=C2SCC3Cc4ccsc4CN23)c1. The lowest BCUT2D eigenvalue weighted by Crippen LogP contribution is -2.38. The highest BCUT2D eigenvalue weighted by atomic mass is 32.2. The molecule has 1 atom stereocenters. The smallest absolute Gasteiger partial charge is 0.165 e. The second-order valence-corrected chi connectivity index (χ2v) is 6.76. The summed E-state index contributed by atoms with van der Waals surface area (Å²) in [6, 6.07) is 6.83. The molecular formula is C14H13N3S2. The van der Waals surface area contributed by atoms with Gasteiger partial charge in [-0.05, 0) is 35.6 Å². The van der Waals surface area contributed by atoms with Gasteiger partial charge in [0.15, 0.2) is 5.17 Å². The predicted octanol–water partition coefficient (Wildman–Crippen LogP) is 3.30. The predicted molar refractivity (Wildman–Crippen MR) is 81.1 cm³/mol. The van der Waals surface area contributed by atoms with E-state index >= 15 is 0 Å². The van der Waals surface area contributed by atoms with Gasteiger partial charge in [-0.1, -0.05) is 11.8 Å². The Hall–Kier alpha value is -1.33. The Morgan fingerprint density at radius 3 is 3.26 bits per heavy atom. The maximum Gasteiger partial charge on any atom is 0.165 e. The molecular weight excluding hydrogens is 274 g/mol. The molecule has 2 aliphatic rings. The lowest BCUT2D eigenvalue weighted by atomic mass is 10.0. The maximum atomic E-state index is 4.75. The number of thioether (sulfide) groups is 1. The molecule has 0 saturated carbocycles. The number of thiophene rings is 1. The van der Waals surface area contributed by atoms with E-state index in [9.17, 15) is 0 Å². The number of rotatable bonds is 1. The molecule has 1 unspecified atom stereocenters. The Balaban J connectivity index is 1.65. The monoisotopic (exact) mass is 287 g/mol. The lowest BCUT2D eigenvalue weighted by Gasteiger charge is -2.30. The van der Waals surface area contributed by atoms with Crippen molar-refractivity contribution in [1.29, 1.82) is 0 Å². The Labute approximate surface area is 120 Å². The highest BCUT2D eigenvalue weighted by Gasteiger charge is 2.34. The summed E-state index contributed by atoms with van der Waals surface area (Å²) in [6.07, 6.45) is 4.77. The maximum absolute atomic E-state index is 4.75. The van der Waals surface area contributed by atoms with Crippen molar-refractivity contribution in [3.05, 3.63) is 46.4 Å². The van der Waals surface area contributed by atoms with Crippen LogP contribution in [0.2, 0.25) is 0 Å². The van der Waals surface area contributed by atoms with Crippen LogP contribution in [-0.4, -0.2) is 26.8 Å². The number of hydrogen-bond donors (Lipinski definition) is 0. The Morgan fingerprint density at radius 1 is 1.37 bits per heavy atom. The van der Waals surface area contributed by atoms with Gasteiger partial charge in [-0.15, -0.1) is 11.3 Å². The molecule has 96 valence electrons. The Kier molecular flexibility index (Phi) is 2.81. The van der Waals surface area contributed by atoms with Crippen molar-refractivity contribution in [2.75, 3.05) is 5.75 Å². The van der Waals surface area contributed by atoms with Crippen LogP contribution in [0, 0.1) is 0 Å². The van der Waals surface area contributed by atoms with Crippen molar-refractivity contribution in [2.45, 2.75) is 19.0 Å². The average molecular weight is 287 g/mol. The summed E-state index contributed by atoms with van der Waals surface area (Å²) in [4.78, 5) is 12.8. The van der Waals surface area contributed by atoms with Gasteiger partial charge in [-0.25, -0.2) is 4.99 Å². The summed E-state index contributed by atoms with van der Waals surface area (Å²) in [5, 5.41) is 3.36. The zero-order chi connectivity index (χ0) is 12.7. The van der Waals surface area contributed by atoms with Crippen LogP contribution in [0.15, 0.2) is 41.0 Å². The zero-order valence-corrected chi connectivity index (χ0v) is 12.0. The van der Waals surface area contributed by atoms with Gasteiger partial charge in [0.25, 0.3) is 0 Å². The number of fused-ring (bicyclic) bond motifs is 2. The van der Waals surface area contributed by atoms with Crippen molar-refractivity contribution >= 4 is 34.0 Å². The van der Waals surface area contributed by atoms with Gasteiger partial charge in [-0.3, -0.25) is 4.98 Å². The lowest BCUT2D eigenvalue weighted by molar-refractivity contribution is 0.324. The molecule has 3 nitrogen and oxygen atoms in total. The van der Waals surface area contributed by atoms with E-state index in [1.807, 2.05) is 41.4 Å². The fourth-order valence-electron chi connectivity index (χ4n) is 2.59. The summed E-state index contributed by atoms with van der Waals surface area (Å²) in [5.41, 5.74) is 2.48.